The van der Waals surface area contributed by atoms with Crippen LogP contribution in [0.2, 0.25) is 10.0 Å². The smallest absolute Gasteiger partial charge is 0.347 e. The third-order valence-corrected chi connectivity index (χ3v) is 3.56. The number of carboxylic acids is 1. The van der Waals surface area contributed by atoms with E-state index in [1.54, 1.807) is 42.5 Å². The summed E-state index contributed by atoms with van der Waals surface area (Å²) in [7, 11) is 0. The first-order chi connectivity index (χ1) is 11.7. The lowest BCUT2D eigenvalue weighted by Gasteiger charge is -2.21. The van der Waals surface area contributed by atoms with Crippen molar-refractivity contribution in [3.63, 3.8) is 0 Å². The van der Waals surface area contributed by atoms with E-state index in [-0.39, 0.29) is 0 Å². The van der Waals surface area contributed by atoms with Gasteiger partial charge in [0, 0.05) is 21.4 Å². The molecule has 0 radical (unpaired) electrons. The summed E-state index contributed by atoms with van der Waals surface area (Å²) in [6.07, 6.45) is 0. The Labute approximate surface area is 154 Å². The zero-order chi connectivity index (χ0) is 18.6. The molecule has 0 aliphatic carbocycles. The summed E-state index contributed by atoms with van der Waals surface area (Å²) in [6, 6.07) is 10.5. The van der Waals surface area contributed by atoms with Crippen LogP contribution in [0.4, 0.5) is 16.2 Å². The molecule has 132 valence electrons. The molecule has 25 heavy (non-hydrogen) atoms. The molecule has 2 aromatic rings. The van der Waals surface area contributed by atoms with Crippen LogP contribution in [0, 0.1) is 0 Å². The molecule has 0 saturated carbocycles. The highest BCUT2D eigenvalue weighted by molar-refractivity contribution is 6.35. The molecule has 0 bridgehead atoms. The Morgan fingerprint density at radius 2 is 1.48 bits per heavy atom. The molecule has 2 aromatic carbocycles. The number of urea groups is 1. The van der Waals surface area contributed by atoms with Gasteiger partial charge in [-0.15, -0.1) is 0 Å². The van der Waals surface area contributed by atoms with Gasteiger partial charge < -0.3 is 20.5 Å². The van der Waals surface area contributed by atoms with Gasteiger partial charge in [-0.1, -0.05) is 23.2 Å². The van der Waals surface area contributed by atoms with Crippen molar-refractivity contribution >= 4 is 46.6 Å². The molecule has 8 heteroatoms. The number of carbonyl (C=O) groups excluding carboxylic acids is 1. The van der Waals surface area contributed by atoms with Crippen molar-refractivity contribution < 1.29 is 19.4 Å². The molecule has 0 saturated heterocycles. The van der Waals surface area contributed by atoms with Crippen LogP contribution < -0.4 is 15.4 Å². The fraction of sp³-hybridized carbons (Fsp3) is 0.176. The monoisotopic (exact) mass is 382 g/mol. The Balaban J connectivity index is 1.98. The molecular weight excluding hydrogens is 367 g/mol. The topological polar surface area (TPSA) is 87.7 Å². The summed E-state index contributed by atoms with van der Waals surface area (Å²) in [5.74, 6) is -0.700. The molecule has 2 rings (SSSR count). The third-order valence-electron chi connectivity index (χ3n) is 3.12. The van der Waals surface area contributed by atoms with Gasteiger partial charge in [0.1, 0.15) is 5.75 Å². The first-order valence-electron chi connectivity index (χ1n) is 7.22. The number of ether oxygens (including phenoxy) is 1. The van der Waals surface area contributed by atoms with Gasteiger partial charge in [-0.2, -0.15) is 0 Å². The molecule has 6 nitrogen and oxygen atoms in total. The van der Waals surface area contributed by atoms with E-state index in [0.717, 1.165) is 0 Å². The van der Waals surface area contributed by atoms with Gasteiger partial charge >= 0.3 is 12.0 Å². The lowest BCUT2D eigenvalue weighted by atomic mass is 10.1. The molecule has 2 amide bonds. The largest absolute Gasteiger partial charge is 0.478 e. The molecule has 0 spiro atoms. The summed E-state index contributed by atoms with van der Waals surface area (Å²) >= 11 is 11.7. The fourth-order valence-electron chi connectivity index (χ4n) is 1.86. The first kappa shape index (κ1) is 18.9. The van der Waals surface area contributed by atoms with Crippen molar-refractivity contribution in [2.24, 2.45) is 0 Å². The van der Waals surface area contributed by atoms with Crippen molar-refractivity contribution in [1.29, 1.82) is 0 Å². The molecule has 0 fully saturated rings. The van der Waals surface area contributed by atoms with Crippen molar-refractivity contribution in [3.8, 4) is 5.75 Å². The van der Waals surface area contributed by atoms with Crippen LogP contribution in [0.25, 0.3) is 0 Å². The van der Waals surface area contributed by atoms with Crippen LogP contribution in [0.15, 0.2) is 42.5 Å². The van der Waals surface area contributed by atoms with Gasteiger partial charge in [0.05, 0.1) is 0 Å². The SMILES string of the molecule is CC(C)(Oc1ccc(NC(=O)Nc2cc(Cl)cc(Cl)c2)cc1)C(=O)O. The second kappa shape index (κ2) is 7.63. The number of halogens is 2. The highest BCUT2D eigenvalue weighted by atomic mass is 35.5. The minimum Gasteiger partial charge on any atom is -0.478 e. The maximum Gasteiger partial charge on any atom is 0.347 e. The summed E-state index contributed by atoms with van der Waals surface area (Å²) in [5, 5.41) is 15.1. The molecule has 0 aliphatic rings. The zero-order valence-corrected chi connectivity index (χ0v) is 15.0. The summed E-state index contributed by atoms with van der Waals surface area (Å²) in [5.41, 5.74) is -0.387. The van der Waals surface area contributed by atoms with E-state index in [9.17, 15) is 9.59 Å². The molecule has 0 heterocycles. The van der Waals surface area contributed by atoms with E-state index < -0.39 is 17.6 Å². The normalized spacial score (nSPS) is 10.9. The number of benzene rings is 2. The predicted octanol–water partition coefficient (Wildman–Crippen LogP) is 4.88. The number of nitrogens with one attached hydrogen (secondary N) is 2. The van der Waals surface area contributed by atoms with Gasteiger partial charge in [0.2, 0.25) is 0 Å². The Bertz CT molecular complexity index is 771. The summed E-state index contributed by atoms with van der Waals surface area (Å²) in [6.45, 7) is 2.90. The van der Waals surface area contributed by atoms with E-state index in [0.29, 0.717) is 27.2 Å². The fourth-order valence-corrected chi connectivity index (χ4v) is 2.39. The molecule has 0 aromatic heterocycles. The van der Waals surface area contributed by atoms with Crippen LogP contribution in [0.5, 0.6) is 5.75 Å². The van der Waals surface area contributed by atoms with Crippen LogP contribution in [-0.4, -0.2) is 22.7 Å². The minimum atomic E-state index is -1.35. The van der Waals surface area contributed by atoms with Gasteiger partial charge in [0.25, 0.3) is 0 Å². The van der Waals surface area contributed by atoms with Crippen molar-refractivity contribution in [2.45, 2.75) is 19.4 Å². The lowest BCUT2D eigenvalue weighted by Crippen LogP contribution is -2.37. The molecule has 3 N–H and O–H groups in total. The van der Waals surface area contributed by atoms with E-state index in [4.69, 9.17) is 33.0 Å². The van der Waals surface area contributed by atoms with Crippen molar-refractivity contribution in [2.75, 3.05) is 10.6 Å². The number of hydrogen-bond acceptors (Lipinski definition) is 3. The van der Waals surface area contributed by atoms with E-state index in [1.165, 1.54) is 13.8 Å². The average molecular weight is 383 g/mol. The standard InChI is InChI=1S/C17H16Cl2N2O4/c1-17(2,15(22)23)25-14-5-3-12(4-6-14)20-16(24)21-13-8-10(18)7-11(19)9-13/h3-9H,1-2H3,(H,22,23)(H2,20,21,24). The molecule has 0 unspecified atom stereocenters. The van der Waals surface area contributed by atoms with Crippen LogP contribution in [-0.2, 0) is 4.79 Å². The molecule has 0 aliphatic heterocycles. The summed E-state index contributed by atoms with van der Waals surface area (Å²) in [4.78, 5) is 23.0. The number of amides is 2. The Hall–Kier alpha value is -2.44. The number of carbonyl (C=O) groups is 2. The maximum atomic E-state index is 12.0. The Morgan fingerprint density at radius 3 is 2.00 bits per heavy atom. The Kier molecular flexibility index (Phi) is 5.77. The lowest BCUT2D eigenvalue weighted by molar-refractivity contribution is -0.152. The van der Waals surface area contributed by atoms with Crippen LogP contribution >= 0.6 is 23.2 Å². The molecule has 0 atom stereocenters. The zero-order valence-electron chi connectivity index (χ0n) is 13.5. The predicted molar refractivity (Wildman–Crippen MR) is 97.9 cm³/mol. The summed E-state index contributed by atoms with van der Waals surface area (Å²) < 4.78 is 5.39. The van der Waals surface area contributed by atoms with E-state index in [2.05, 4.69) is 10.6 Å². The average Bonchev–Trinajstić information content (AvgIpc) is 2.47. The van der Waals surface area contributed by atoms with Gasteiger partial charge in [-0.3, -0.25) is 0 Å². The van der Waals surface area contributed by atoms with E-state index in [1.807, 2.05) is 0 Å². The minimum absolute atomic E-state index is 0.375. The highest BCUT2D eigenvalue weighted by Crippen LogP contribution is 2.23. The van der Waals surface area contributed by atoms with Gasteiger partial charge in [-0.25, -0.2) is 9.59 Å². The second-order valence-electron chi connectivity index (χ2n) is 5.68. The van der Waals surface area contributed by atoms with Crippen molar-refractivity contribution in [1.82, 2.24) is 0 Å². The maximum absolute atomic E-state index is 12.0. The molecular formula is C17H16Cl2N2O4. The van der Waals surface area contributed by atoms with Gasteiger partial charge in [-0.05, 0) is 56.3 Å². The van der Waals surface area contributed by atoms with Crippen LogP contribution in [0.1, 0.15) is 13.8 Å². The third kappa shape index (κ3) is 5.55. The number of carboxylic acid groups (broad SMARTS) is 1. The number of aliphatic carboxylic acids is 1. The van der Waals surface area contributed by atoms with Crippen molar-refractivity contribution in [3.05, 3.63) is 52.5 Å². The van der Waals surface area contributed by atoms with Gasteiger partial charge in [0.15, 0.2) is 5.60 Å². The highest BCUT2D eigenvalue weighted by Gasteiger charge is 2.29. The van der Waals surface area contributed by atoms with Crippen LogP contribution in [0.3, 0.4) is 0 Å². The number of rotatable bonds is 5. The quantitative estimate of drug-likeness (QED) is 0.687. The second-order valence-corrected chi connectivity index (χ2v) is 6.55. The van der Waals surface area contributed by atoms with E-state index >= 15 is 0 Å². The number of hydrogen-bond donors (Lipinski definition) is 3. The number of anilines is 2. The Morgan fingerprint density at radius 1 is 0.960 bits per heavy atom. The first-order valence-corrected chi connectivity index (χ1v) is 7.98.